The largest absolute Gasteiger partial charge is 0.336 e. The summed E-state index contributed by atoms with van der Waals surface area (Å²) < 4.78 is 1.93. The molecule has 0 spiro atoms. The average molecular weight is 597 g/mol. The number of amides is 2. The molecule has 0 unspecified atom stereocenters. The Hall–Kier alpha value is -5.37. The van der Waals surface area contributed by atoms with Gasteiger partial charge in [-0.1, -0.05) is 78.9 Å². The van der Waals surface area contributed by atoms with Gasteiger partial charge in [-0.3, -0.25) is 9.59 Å². The Morgan fingerprint density at radius 1 is 0.867 bits per heavy atom. The normalized spacial score (nSPS) is 13.4. The molecule has 3 aromatic carbocycles. The number of hydrogen-bond donors (Lipinski definition) is 0. The van der Waals surface area contributed by atoms with Gasteiger partial charge in [-0.2, -0.15) is 0 Å². The Morgan fingerprint density at radius 3 is 2.29 bits per heavy atom. The highest BCUT2D eigenvalue weighted by Crippen LogP contribution is 2.24. The van der Waals surface area contributed by atoms with Crippen molar-refractivity contribution in [2.24, 2.45) is 7.05 Å². The summed E-state index contributed by atoms with van der Waals surface area (Å²) in [6.07, 6.45) is 9.68. The van der Waals surface area contributed by atoms with Crippen molar-refractivity contribution in [1.82, 2.24) is 29.3 Å². The Labute approximate surface area is 263 Å². The van der Waals surface area contributed by atoms with E-state index in [1.807, 2.05) is 90.2 Å². The number of rotatable bonds is 9. The van der Waals surface area contributed by atoms with Crippen LogP contribution in [0.2, 0.25) is 0 Å². The molecule has 0 aliphatic carbocycles. The average Bonchev–Trinajstić information content (AvgIpc) is 3.41. The number of carbonyl (C=O) groups excluding carboxylic acids is 2. The van der Waals surface area contributed by atoms with Gasteiger partial charge in [-0.15, -0.1) is 0 Å². The van der Waals surface area contributed by atoms with Gasteiger partial charge < -0.3 is 14.4 Å². The highest BCUT2D eigenvalue weighted by molar-refractivity contribution is 5.95. The Kier molecular flexibility index (Phi) is 8.91. The smallest absolute Gasteiger partial charge is 0.247 e. The van der Waals surface area contributed by atoms with E-state index in [-0.39, 0.29) is 18.4 Å². The standard InChI is InChI=1S/C37H36N6O2/c1-27-40-24-33(41(27)2)17-18-35(44)43(25-29-13-15-31(16-14-29)36-38-20-8-21-39-36)34(23-28-9-4-3-5-10-28)37(45)42-22-19-30-11-6-7-12-32(30)26-42/h3-18,20-21,24,34H,19,22-23,25-26H2,1-2H3/b18-17+/t34-/m0/s1. The first-order valence-electron chi connectivity index (χ1n) is 15.2. The van der Waals surface area contributed by atoms with Crippen molar-refractivity contribution >= 4 is 17.9 Å². The molecule has 1 atom stereocenters. The number of aryl methyl sites for hydroxylation is 1. The van der Waals surface area contributed by atoms with Crippen LogP contribution >= 0.6 is 0 Å². The summed E-state index contributed by atoms with van der Waals surface area (Å²) in [6.45, 7) is 3.31. The van der Waals surface area contributed by atoms with Crippen LogP contribution < -0.4 is 0 Å². The summed E-state index contributed by atoms with van der Waals surface area (Å²) >= 11 is 0. The second-order valence-electron chi connectivity index (χ2n) is 11.3. The molecule has 0 saturated heterocycles. The van der Waals surface area contributed by atoms with Gasteiger partial charge in [0.15, 0.2) is 5.82 Å². The highest BCUT2D eigenvalue weighted by atomic mass is 16.2. The number of aromatic nitrogens is 4. The number of hydrogen-bond acceptors (Lipinski definition) is 5. The lowest BCUT2D eigenvalue weighted by molar-refractivity contribution is -0.144. The molecule has 2 aromatic heterocycles. The zero-order valence-corrected chi connectivity index (χ0v) is 25.6. The van der Waals surface area contributed by atoms with E-state index in [2.05, 4.69) is 27.1 Å². The first-order chi connectivity index (χ1) is 22.0. The minimum Gasteiger partial charge on any atom is -0.336 e. The van der Waals surface area contributed by atoms with E-state index in [0.717, 1.165) is 40.2 Å². The third-order valence-corrected chi connectivity index (χ3v) is 8.44. The van der Waals surface area contributed by atoms with Crippen LogP contribution in [0.4, 0.5) is 0 Å². The van der Waals surface area contributed by atoms with Gasteiger partial charge in [0.1, 0.15) is 11.9 Å². The van der Waals surface area contributed by atoms with E-state index in [9.17, 15) is 9.59 Å². The lowest BCUT2D eigenvalue weighted by atomic mass is 9.97. The van der Waals surface area contributed by atoms with Crippen molar-refractivity contribution < 1.29 is 9.59 Å². The molecular formula is C37H36N6O2. The Bertz CT molecular complexity index is 1800. The summed E-state index contributed by atoms with van der Waals surface area (Å²) in [5.41, 5.74) is 6.01. The monoisotopic (exact) mass is 596 g/mol. The molecule has 45 heavy (non-hydrogen) atoms. The van der Waals surface area contributed by atoms with Gasteiger partial charge in [-0.05, 0) is 47.7 Å². The molecule has 0 N–H and O–H groups in total. The van der Waals surface area contributed by atoms with Gasteiger partial charge in [0.2, 0.25) is 11.8 Å². The molecule has 8 nitrogen and oxygen atoms in total. The minimum absolute atomic E-state index is 0.0548. The van der Waals surface area contributed by atoms with Crippen molar-refractivity contribution in [3.05, 3.63) is 143 Å². The summed E-state index contributed by atoms with van der Waals surface area (Å²) in [6, 6.07) is 27.1. The van der Waals surface area contributed by atoms with Crippen LogP contribution in [0.1, 0.15) is 33.8 Å². The molecule has 1 aliphatic heterocycles. The van der Waals surface area contributed by atoms with Gasteiger partial charge in [0.25, 0.3) is 0 Å². The molecule has 0 radical (unpaired) electrons. The maximum absolute atomic E-state index is 14.5. The predicted molar refractivity (Wildman–Crippen MR) is 174 cm³/mol. The first kappa shape index (κ1) is 29.7. The number of imidazole rings is 1. The van der Waals surface area contributed by atoms with Crippen molar-refractivity contribution in [3.8, 4) is 11.4 Å². The fourth-order valence-corrected chi connectivity index (χ4v) is 5.74. The zero-order valence-electron chi connectivity index (χ0n) is 25.6. The van der Waals surface area contributed by atoms with Gasteiger partial charge >= 0.3 is 0 Å². The third kappa shape index (κ3) is 6.91. The summed E-state index contributed by atoms with van der Waals surface area (Å²) in [7, 11) is 1.91. The van der Waals surface area contributed by atoms with E-state index in [0.29, 0.717) is 25.3 Å². The quantitative estimate of drug-likeness (QED) is 0.212. The summed E-state index contributed by atoms with van der Waals surface area (Å²) in [4.78, 5) is 45.3. The van der Waals surface area contributed by atoms with E-state index in [1.165, 1.54) is 5.56 Å². The molecule has 0 fully saturated rings. The number of carbonyl (C=O) groups is 2. The minimum atomic E-state index is -0.708. The maximum atomic E-state index is 14.5. The van der Waals surface area contributed by atoms with Crippen molar-refractivity contribution in [1.29, 1.82) is 0 Å². The third-order valence-electron chi connectivity index (χ3n) is 8.44. The van der Waals surface area contributed by atoms with Crippen LogP contribution in [0.5, 0.6) is 0 Å². The van der Waals surface area contributed by atoms with Crippen LogP contribution in [0.3, 0.4) is 0 Å². The van der Waals surface area contributed by atoms with Crippen molar-refractivity contribution in [3.63, 3.8) is 0 Å². The van der Waals surface area contributed by atoms with Crippen LogP contribution in [-0.4, -0.2) is 53.7 Å². The van der Waals surface area contributed by atoms with Crippen LogP contribution in [0.25, 0.3) is 17.5 Å². The van der Waals surface area contributed by atoms with E-state index >= 15 is 0 Å². The van der Waals surface area contributed by atoms with Crippen molar-refractivity contribution in [2.75, 3.05) is 6.54 Å². The number of nitrogens with zero attached hydrogens (tertiary/aromatic N) is 6. The van der Waals surface area contributed by atoms with Crippen LogP contribution in [0.15, 0.2) is 110 Å². The number of benzene rings is 3. The van der Waals surface area contributed by atoms with Gasteiger partial charge in [0.05, 0.1) is 11.9 Å². The maximum Gasteiger partial charge on any atom is 0.247 e. The summed E-state index contributed by atoms with van der Waals surface area (Å²) in [5, 5.41) is 0. The summed E-state index contributed by atoms with van der Waals surface area (Å²) in [5.74, 6) is 1.19. The fourth-order valence-electron chi connectivity index (χ4n) is 5.74. The lowest BCUT2D eigenvalue weighted by Crippen LogP contribution is -2.52. The Morgan fingerprint density at radius 2 is 1.58 bits per heavy atom. The molecule has 3 heterocycles. The molecule has 2 amide bonds. The second kappa shape index (κ2) is 13.5. The molecule has 0 bridgehead atoms. The molecule has 226 valence electrons. The van der Waals surface area contributed by atoms with E-state index < -0.39 is 6.04 Å². The molecule has 8 heteroatoms. The first-order valence-corrected chi connectivity index (χ1v) is 15.2. The lowest BCUT2D eigenvalue weighted by Gasteiger charge is -2.37. The van der Waals surface area contributed by atoms with E-state index in [1.54, 1.807) is 41.7 Å². The molecular weight excluding hydrogens is 560 g/mol. The Balaban J connectivity index is 1.35. The SMILES string of the molecule is Cc1ncc(/C=C/C(=O)N(Cc2ccc(-c3ncccn3)cc2)[C@@H](Cc2ccccc2)C(=O)N2CCc3ccccc3C2)n1C. The highest BCUT2D eigenvalue weighted by Gasteiger charge is 2.34. The predicted octanol–water partition coefficient (Wildman–Crippen LogP) is 5.42. The van der Waals surface area contributed by atoms with Gasteiger partial charge in [-0.25, -0.2) is 15.0 Å². The molecule has 1 aliphatic rings. The molecule has 6 rings (SSSR count). The molecule has 5 aromatic rings. The fraction of sp³-hybridized carbons (Fsp3) is 0.216. The topological polar surface area (TPSA) is 84.2 Å². The van der Waals surface area contributed by atoms with E-state index in [4.69, 9.17) is 0 Å². The number of fused-ring (bicyclic) bond motifs is 1. The van der Waals surface area contributed by atoms with Crippen molar-refractivity contribution in [2.45, 2.75) is 38.9 Å². The van der Waals surface area contributed by atoms with Crippen LogP contribution in [-0.2, 0) is 42.6 Å². The molecule has 0 saturated carbocycles. The second-order valence-corrected chi connectivity index (χ2v) is 11.3. The van der Waals surface area contributed by atoms with Gasteiger partial charge in [0, 0.05) is 57.1 Å². The van der Waals surface area contributed by atoms with Crippen LogP contribution in [0, 0.1) is 6.92 Å². The zero-order chi connectivity index (χ0) is 31.2.